The molecule has 0 aromatic heterocycles. The zero-order valence-electron chi connectivity index (χ0n) is 7.88. The van der Waals surface area contributed by atoms with E-state index >= 15 is 0 Å². The summed E-state index contributed by atoms with van der Waals surface area (Å²) in [6.07, 6.45) is 5.19. The molecule has 0 bridgehead atoms. The van der Waals surface area contributed by atoms with Crippen molar-refractivity contribution < 1.29 is 0 Å². The van der Waals surface area contributed by atoms with Gasteiger partial charge in [0.15, 0.2) is 0 Å². The van der Waals surface area contributed by atoms with E-state index in [0.717, 1.165) is 0 Å². The quantitative estimate of drug-likeness (QED) is 0.407. The van der Waals surface area contributed by atoms with Gasteiger partial charge < -0.3 is 0 Å². The smallest absolute Gasteiger partial charge is 0.107 e. The molecule has 12 heavy (non-hydrogen) atoms. The van der Waals surface area contributed by atoms with Crippen LogP contribution in [0.25, 0.3) is 0 Å². The Hall–Kier alpha value is 1.42. The zero-order valence-corrected chi connectivity index (χ0v) is 11.2. The summed E-state index contributed by atoms with van der Waals surface area (Å²) in [5.74, 6) is 2.48. The summed E-state index contributed by atoms with van der Waals surface area (Å²) >= 11 is 10.0. The first-order valence-electron chi connectivity index (χ1n) is 4.53. The van der Waals surface area contributed by atoms with Crippen LogP contribution in [-0.2, 0) is 0 Å². The topological polar surface area (TPSA) is 0 Å². The minimum Gasteiger partial charge on any atom is -0.107 e. The SMILES string of the molecule is CCCCSP(Cl)SCCCC. The summed E-state index contributed by atoms with van der Waals surface area (Å²) < 4.78 is 0. The van der Waals surface area contributed by atoms with Gasteiger partial charge in [-0.1, -0.05) is 37.9 Å². The van der Waals surface area contributed by atoms with Gasteiger partial charge in [0.2, 0.25) is 0 Å². The summed E-state index contributed by atoms with van der Waals surface area (Å²) in [5.41, 5.74) is -0.298. The standard InChI is InChI=1S/C8H18ClPS2/c1-3-5-7-11-10(9)12-8-6-4-2/h3-8H2,1-2H3. The van der Waals surface area contributed by atoms with Crippen molar-refractivity contribution in [3.63, 3.8) is 0 Å². The molecular formula is C8H18ClPS2. The molecule has 74 valence electrons. The van der Waals surface area contributed by atoms with Gasteiger partial charge in [-0.15, -0.1) is 22.8 Å². The highest BCUT2D eigenvalue weighted by Crippen LogP contribution is 2.65. The largest absolute Gasteiger partial charge is 0.109 e. The molecule has 0 aliphatic carbocycles. The van der Waals surface area contributed by atoms with Gasteiger partial charge in [0, 0.05) is 0 Å². The summed E-state index contributed by atoms with van der Waals surface area (Å²) in [6, 6.07) is 0. The minimum absolute atomic E-state index is 0.298. The van der Waals surface area contributed by atoms with Crippen molar-refractivity contribution in [3.05, 3.63) is 0 Å². The van der Waals surface area contributed by atoms with Crippen LogP contribution in [0, 0.1) is 0 Å². The van der Waals surface area contributed by atoms with Gasteiger partial charge in [-0.05, 0) is 24.3 Å². The molecule has 4 heteroatoms. The molecule has 0 nitrogen and oxygen atoms in total. The third kappa shape index (κ3) is 9.51. The van der Waals surface area contributed by atoms with E-state index in [-0.39, 0.29) is 5.68 Å². The molecule has 0 aromatic carbocycles. The van der Waals surface area contributed by atoms with Gasteiger partial charge in [-0.25, -0.2) is 0 Å². The van der Waals surface area contributed by atoms with E-state index in [9.17, 15) is 0 Å². The maximum atomic E-state index is 6.14. The Morgan fingerprint density at radius 1 is 1.00 bits per heavy atom. The Morgan fingerprint density at radius 2 is 1.42 bits per heavy atom. The summed E-state index contributed by atoms with van der Waals surface area (Å²) in [7, 11) is 0. The molecule has 0 amide bonds. The highest BCUT2D eigenvalue weighted by Gasteiger charge is 2.03. The molecule has 0 heterocycles. The zero-order chi connectivity index (χ0) is 9.23. The van der Waals surface area contributed by atoms with Crippen molar-refractivity contribution >= 4 is 39.7 Å². The number of unbranched alkanes of at least 4 members (excludes halogenated alkanes) is 2. The van der Waals surface area contributed by atoms with E-state index in [1.54, 1.807) is 0 Å². The van der Waals surface area contributed by atoms with E-state index in [0.29, 0.717) is 0 Å². The van der Waals surface area contributed by atoms with Crippen molar-refractivity contribution in [3.8, 4) is 0 Å². The molecule has 0 aliphatic heterocycles. The second-order valence-corrected chi connectivity index (χ2v) is 11.0. The molecule has 0 fully saturated rings. The Labute approximate surface area is 90.6 Å². The van der Waals surface area contributed by atoms with Crippen LogP contribution < -0.4 is 0 Å². The molecule has 0 saturated carbocycles. The minimum atomic E-state index is -0.298. The maximum absolute atomic E-state index is 6.14. The third-order valence-corrected chi connectivity index (χ3v) is 8.70. The first-order chi connectivity index (χ1) is 5.81. The van der Waals surface area contributed by atoms with Crippen molar-refractivity contribution in [2.24, 2.45) is 0 Å². The molecule has 0 unspecified atom stereocenters. The summed E-state index contributed by atoms with van der Waals surface area (Å²) in [5, 5.41) is 0. The fraction of sp³-hybridized carbons (Fsp3) is 1.00. The highest BCUT2D eigenvalue weighted by molar-refractivity contribution is 8.94. The lowest BCUT2D eigenvalue weighted by atomic mass is 10.4. The van der Waals surface area contributed by atoms with Gasteiger partial charge in [0.1, 0.15) is 5.68 Å². The third-order valence-electron chi connectivity index (χ3n) is 1.38. The van der Waals surface area contributed by atoms with E-state index in [2.05, 4.69) is 13.8 Å². The second-order valence-electron chi connectivity index (χ2n) is 2.59. The number of hydrogen-bond donors (Lipinski definition) is 0. The van der Waals surface area contributed by atoms with Crippen LogP contribution in [0.5, 0.6) is 0 Å². The van der Waals surface area contributed by atoms with Crippen molar-refractivity contribution in [1.82, 2.24) is 0 Å². The summed E-state index contributed by atoms with van der Waals surface area (Å²) in [6.45, 7) is 4.45. The van der Waals surface area contributed by atoms with Gasteiger partial charge in [-0.2, -0.15) is 0 Å². The maximum Gasteiger partial charge on any atom is 0.109 e. The van der Waals surface area contributed by atoms with Crippen LogP contribution in [0.4, 0.5) is 0 Å². The fourth-order valence-electron chi connectivity index (χ4n) is 0.599. The molecule has 0 N–H and O–H groups in total. The molecular weight excluding hydrogens is 227 g/mol. The Morgan fingerprint density at radius 3 is 1.75 bits per heavy atom. The van der Waals surface area contributed by atoms with Crippen LogP contribution in [0.3, 0.4) is 0 Å². The van der Waals surface area contributed by atoms with E-state index in [4.69, 9.17) is 11.2 Å². The predicted molar refractivity (Wildman–Crippen MR) is 67.5 cm³/mol. The Bertz CT molecular complexity index is 83.1. The Kier molecular flexibility index (Phi) is 11.7. The second kappa shape index (κ2) is 10.5. The lowest BCUT2D eigenvalue weighted by Gasteiger charge is -2.06. The number of hydrogen-bond acceptors (Lipinski definition) is 2. The van der Waals surface area contributed by atoms with Crippen LogP contribution in [-0.4, -0.2) is 11.5 Å². The van der Waals surface area contributed by atoms with Crippen LogP contribution in [0.1, 0.15) is 39.5 Å². The molecule has 0 rings (SSSR count). The van der Waals surface area contributed by atoms with Gasteiger partial charge in [0.25, 0.3) is 0 Å². The van der Waals surface area contributed by atoms with Crippen molar-refractivity contribution in [2.45, 2.75) is 39.5 Å². The van der Waals surface area contributed by atoms with Crippen molar-refractivity contribution in [1.29, 1.82) is 0 Å². The van der Waals surface area contributed by atoms with E-state index < -0.39 is 0 Å². The predicted octanol–water partition coefficient (Wildman–Crippen LogP) is 5.52. The molecule has 0 spiro atoms. The van der Waals surface area contributed by atoms with Gasteiger partial charge in [-0.3, -0.25) is 0 Å². The normalized spacial score (nSPS) is 11.0. The first kappa shape index (κ1) is 13.4. The fourth-order valence-corrected chi connectivity index (χ4v) is 6.91. The average Bonchev–Trinajstić information content (AvgIpc) is 2.06. The first-order valence-corrected chi connectivity index (χ1v) is 9.95. The van der Waals surface area contributed by atoms with E-state index in [1.807, 2.05) is 22.8 Å². The molecule has 0 radical (unpaired) electrons. The number of halogens is 1. The monoisotopic (exact) mass is 244 g/mol. The average molecular weight is 245 g/mol. The van der Waals surface area contributed by atoms with Gasteiger partial charge in [0.05, 0.1) is 0 Å². The Balaban J connectivity index is 3.04. The molecule has 0 aromatic rings. The summed E-state index contributed by atoms with van der Waals surface area (Å²) in [4.78, 5) is 0. The number of rotatable bonds is 8. The van der Waals surface area contributed by atoms with E-state index in [1.165, 1.54) is 37.2 Å². The van der Waals surface area contributed by atoms with Crippen LogP contribution in [0.15, 0.2) is 0 Å². The molecule has 0 aliphatic rings. The van der Waals surface area contributed by atoms with Gasteiger partial charge >= 0.3 is 0 Å². The highest BCUT2D eigenvalue weighted by atomic mass is 35.7. The lowest BCUT2D eigenvalue weighted by molar-refractivity contribution is 0.898. The van der Waals surface area contributed by atoms with Crippen molar-refractivity contribution in [2.75, 3.05) is 11.5 Å². The lowest BCUT2D eigenvalue weighted by Crippen LogP contribution is -1.74. The van der Waals surface area contributed by atoms with Crippen LogP contribution >= 0.6 is 39.7 Å². The van der Waals surface area contributed by atoms with Crippen LogP contribution in [0.2, 0.25) is 0 Å². The molecule has 0 atom stereocenters. The molecule has 0 saturated heterocycles.